The molecule has 2 fully saturated rings. The van der Waals surface area contributed by atoms with E-state index in [2.05, 4.69) is 37.5 Å². The Hall–Kier alpha value is -0.120. The SMILES string of the molecule is CC[C@H](C)N1CCC(CN2C[C@@H](C)O[C@H](C)C2)CC1. The minimum absolute atomic E-state index is 0.406. The third-order valence-electron chi connectivity index (χ3n) is 4.87. The first kappa shape index (κ1) is 15.3. The van der Waals surface area contributed by atoms with Crippen LogP contribution in [0.15, 0.2) is 0 Å². The maximum Gasteiger partial charge on any atom is 0.0678 e. The van der Waals surface area contributed by atoms with Gasteiger partial charge in [-0.05, 0) is 59.0 Å². The molecule has 3 nitrogen and oxygen atoms in total. The van der Waals surface area contributed by atoms with Crippen molar-refractivity contribution in [2.45, 2.75) is 65.2 Å². The van der Waals surface area contributed by atoms with Crippen LogP contribution in [-0.2, 0) is 4.74 Å². The summed E-state index contributed by atoms with van der Waals surface area (Å²) in [6.45, 7) is 15.2. The molecular weight excluding hydrogens is 236 g/mol. The zero-order valence-corrected chi connectivity index (χ0v) is 13.3. The first-order valence-corrected chi connectivity index (χ1v) is 8.20. The van der Waals surface area contributed by atoms with Crippen molar-refractivity contribution in [2.75, 3.05) is 32.7 Å². The van der Waals surface area contributed by atoms with Crippen LogP contribution in [-0.4, -0.2) is 60.8 Å². The summed E-state index contributed by atoms with van der Waals surface area (Å²) in [4.78, 5) is 5.30. The molecule has 2 saturated heterocycles. The molecule has 19 heavy (non-hydrogen) atoms. The summed E-state index contributed by atoms with van der Waals surface area (Å²) in [6.07, 6.45) is 4.85. The molecule has 2 heterocycles. The van der Waals surface area contributed by atoms with Crippen molar-refractivity contribution in [3.63, 3.8) is 0 Å². The number of likely N-dealkylation sites (tertiary alicyclic amines) is 1. The number of morpholine rings is 1. The van der Waals surface area contributed by atoms with Crippen LogP contribution in [0.2, 0.25) is 0 Å². The highest BCUT2D eigenvalue weighted by molar-refractivity contribution is 4.80. The summed E-state index contributed by atoms with van der Waals surface area (Å²) in [5.41, 5.74) is 0. The minimum atomic E-state index is 0.406. The maximum atomic E-state index is 5.82. The van der Waals surface area contributed by atoms with Crippen molar-refractivity contribution >= 4 is 0 Å². The number of hydrogen-bond donors (Lipinski definition) is 0. The molecule has 0 aromatic rings. The predicted molar refractivity (Wildman–Crippen MR) is 80.5 cm³/mol. The van der Waals surface area contributed by atoms with Crippen molar-refractivity contribution in [1.29, 1.82) is 0 Å². The summed E-state index contributed by atoms with van der Waals surface area (Å²) in [6, 6.07) is 0.768. The standard InChI is InChI=1S/C16H32N2O/c1-5-13(2)18-8-6-16(7-9-18)12-17-10-14(3)19-15(4)11-17/h13-16H,5-12H2,1-4H3/t13-,14+,15+/m0/s1. The molecule has 2 aliphatic rings. The fraction of sp³-hybridized carbons (Fsp3) is 1.00. The number of piperidine rings is 1. The second-order valence-corrected chi connectivity index (χ2v) is 6.71. The molecule has 112 valence electrons. The minimum Gasteiger partial charge on any atom is -0.373 e. The van der Waals surface area contributed by atoms with E-state index in [9.17, 15) is 0 Å². The number of hydrogen-bond acceptors (Lipinski definition) is 3. The molecule has 3 atom stereocenters. The van der Waals surface area contributed by atoms with Crippen LogP contribution in [0, 0.1) is 5.92 Å². The molecular formula is C16H32N2O. The molecule has 0 bridgehead atoms. The summed E-state index contributed by atoms with van der Waals surface area (Å²) in [5, 5.41) is 0. The van der Waals surface area contributed by atoms with Crippen LogP contribution < -0.4 is 0 Å². The van der Waals surface area contributed by atoms with Gasteiger partial charge in [0.15, 0.2) is 0 Å². The zero-order chi connectivity index (χ0) is 13.8. The van der Waals surface area contributed by atoms with Gasteiger partial charge in [-0.2, -0.15) is 0 Å². The fourth-order valence-electron chi connectivity index (χ4n) is 3.63. The lowest BCUT2D eigenvalue weighted by Crippen LogP contribution is -2.49. The highest BCUT2D eigenvalue weighted by Crippen LogP contribution is 2.22. The van der Waals surface area contributed by atoms with Crippen LogP contribution >= 0.6 is 0 Å². The summed E-state index contributed by atoms with van der Waals surface area (Å²) < 4.78 is 5.82. The Morgan fingerprint density at radius 2 is 1.68 bits per heavy atom. The van der Waals surface area contributed by atoms with Crippen molar-refractivity contribution in [2.24, 2.45) is 5.92 Å². The van der Waals surface area contributed by atoms with Gasteiger partial charge in [0.1, 0.15) is 0 Å². The van der Waals surface area contributed by atoms with Gasteiger partial charge in [0, 0.05) is 25.7 Å². The van der Waals surface area contributed by atoms with E-state index in [0.29, 0.717) is 12.2 Å². The quantitative estimate of drug-likeness (QED) is 0.779. The fourth-order valence-corrected chi connectivity index (χ4v) is 3.63. The van der Waals surface area contributed by atoms with E-state index in [-0.39, 0.29) is 0 Å². The van der Waals surface area contributed by atoms with Gasteiger partial charge in [-0.15, -0.1) is 0 Å². The smallest absolute Gasteiger partial charge is 0.0678 e. The Bertz CT molecular complexity index is 253. The van der Waals surface area contributed by atoms with Gasteiger partial charge in [0.2, 0.25) is 0 Å². The van der Waals surface area contributed by atoms with E-state index in [1.807, 2.05) is 0 Å². The molecule has 3 heteroatoms. The molecule has 0 saturated carbocycles. The van der Waals surface area contributed by atoms with Gasteiger partial charge >= 0.3 is 0 Å². The number of rotatable bonds is 4. The van der Waals surface area contributed by atoms with E-state index in [0.717, 1.165) is 25.0 Å². The van der Waals surface area contributed by atoms with Gasteiger partial charge in [-0.25, -0.2) is 0 Å². The third-order valence-corrected chi connectivity index (χ3v) is 4.87. The lowest BCUT2D eigenvalue weighted by Gasteiger charge is -2.40. The average Bonchev–Trinajstić information content (AvgIpc) is 2.37. The first-order valence-electron chi connectivity index (χ1n) is 8.20. The molecule has 0 aromatic heterocycles. The van der Waals surface area contributed by atoms with Crippen LogP contribution in [0.1, 0.15) is 47.0 Å². The third kappa shape index (κ3) is 4.44. The monoisotopic (exact) mass is 268 g/mol. The molecule has 0 spiro atoms. The van der Waals surface area contributed by atoms with Gasteiger partial charge in [-0.1, -0.05) is 6.92 Å². The second kappa shape index (κ2) is 7.05. The zero-order valence-electron chi connectivity index (χ0n) is 13.3. The Morgan fingerprint density at radius 1 is 1.11 bits per heavy atom. The number of nitrogens with zero attached hydrogens (tertiary/aromatic N) is 2. The predicted octanol–water partition coefficient (Wildman–Crippen LogP) is 2.61. The Morgan fingerprint density at radius 3 is 2.21 bits per heavy atom. The van der Waals surface area contributed by atoms with Gasteiger partial charge in [0.25, 0.3) is 0 Å². The molecule has 2 rings (SSSR count). The second-order valence-electron chi connectivity index (χ2n) is 6.71. The van der Waals surface area contributed by atoms with Crippen LogP contribution in [0.3, 0.4) is 0 Å². The lowest BCUT2D eigenvalue weighted by atomic mass is 9.94. The Kier molecular flexibility index (Phi) is 5.67. The topological polar surface area (TPSA) is 15.7 Å². The van der Waals surface area contributed by atoms with E-state index in [1.165, 1.54) is 38.9 Å². The summed E-state index contributed by atoms with van der Waals surface area (Å²) in [5.74, 6) is 0.901. The average molecular weight is 268 g/mol. The van der Waals surface area contributed by atoms with Crippen molar-refractivity contribution in [1.82, 2.24) is 9.80 Å². The number of ether oxygens (including phenoxy) is 1. The molecule has 2 aliphatic heterocycles. The molecule has 0 amide bonds. The van der Waals surface area contributed by atoms with E-state index < -0.39 is 0 Å². The molecule has 0 aliphatic carbocycles. The van der Waals surface area contributed by atoms with Crippen molar-refractivity contribution in [3.8, 4) is 0 Å². The van der Waals surface area contributed by atoms with Gasteiger partial charge in [-0.3, -0.25) is 4.90 Å². The van der Waals surface area contributed by atoms with Gasteiger partial charge in [0.05, 0.1) is 12.2 Å². The molecule has 0 N–H and O–H groups in total. The summed E-state index contributed by atoms with van der Waals surface area (Å²) in [7, 11) is 0. The highest BCUT2D eigenvalue weighted by atomic mass is 16.5. The van der Waals surface area contributed by atoms with Crippen molar-refractivity contribution < 1.29 is 4.74 Å². The maximum absolute atomic E-state index is 5.82. The normalized spacial score (nSPS) is 33.5. The molecule has 0 unspecified atom stereocenters. The van der Waals surface area contributed by atoms with Crippen LogP contribution in [0.4, 0.5) is 0 Å². The van der Waals surface area contributed by atoms with Crippen LogP contribution in [0.25, 0.3) is 0 Å². The Balaban J connectivity index is 1.73. The first-order chi connectivity index (χ1) is 9.08. The lowest BCUT2D eigenvalue weighted by molar-refractivity contribution is -0.0734. The van der Waals surface area contributed by atoms with E-state index in [1.54, 1.807) is 0 Å². The molecule has 0 radical (unpaired) electrons. The molecule has 0 aromatic carbocycles. The highest BCUT2D eigenvalue weighted by Gasteiger charge is 2.27. The van der Waals surface area contributed by atoms with Crippen molar-refractivity contribution in [3.05, 3.63) is 0 Å². The van der Waals surface area contributed by atoms with E-state index >= 15 is 0 Å². The Labute approximate surface area is 119 Å². The largest absolute Gasteiger partial charge is 0.373 e. The summed E-state index contributed by atoms with van der Waals surface area (Å²) >= 11 is 0. The van der Waals surface area contributed by atoms with Gasteiger partial charge < -0.3 is 9.64 Å². The van der Waals surface area contributed by atoms with Crippen LogP contribution in [0.5, 0.6) is 0 Å². The van der Waals surface area contributed by atoms with E-state index in [4.69, 9.17) is 4.74 Å².